The van der Waals surface area contributed by atoms with E-state index < -0.39 is 0 Å². The van der Waals surface area contributed by atoms with E-state index in [2.05, 4.69) is 44.4 Å². The fourth-order valence-corrected chi connectivity index (χ4v) is 4.28. The molecule has 5 nitrogen and oxygen atoms in total. The Hall–Kier alpha value is -2.38. The van der Waals surface area contributed by atoms with Crippen LogP contribution in [0.15, 0.2) is 52.9 Å². The van der Waals surface area contributed by atoms with Gasteiger partial charge in [0.1, 0.15) is 10.9 Å². The van der Waals surface area contributed by atoms with Crippen molar-refractivity contribution in [2.45, 2.75) is 18.4 Å². The summed E-state index contributed by atoms with van der Waals surface area (Å²) in [7, 11) is 0. The van der Waals surface area contributed by atoms with Crippen LogP contribution in [0, 0.1) is 0 Å². The Kier molecular flexibility index (Phi) is 4.42. The van der Waals surface area contributed by atoms with Crippen LogP contribution in [-0.4, -0.2) is 26.3 Å². The second-order valence-electron chi connectivity index (χ2n) is 5.51. The average Bonchev–Trinajstić information content (AvgIpc) is 3.22. The maximum Gasteiger partial charge on any atom is 0.234 e. The molecular weight excluding hydrogens is 352 g/mol. The highest BCUT2D eigenvalue weighted by atomic mass is 32.2. The van der Waals surface area contributed by atoms with Gasteiger partial charge in [0.25, 0.3) is 0 Å². The zero-order valence-electron chi connectivity index (χ0n) is 13.6. The molecule has 126 valence electrons. The van der Waals surface area contributed by atoms with Crippen LogP contribution >= 0.6 is 23.1 Å². The van der Waals surface area contributed by atoms with E-state index in [0.29, 0.717) is 5.75 Å². The lowest BCUT2D eigenvalue weighted by Crippen LogP contribution is -2.14. The fourth-order valence-electron chi connectivity index (χ4n) is 2.74. The number of benzene rings is 1. The van der Waals surface area contributed by atoms with Gasteiger partial charge in [0.15, 0.2) is 0 Å². The fraction of sp³-hybridized carbons (Fsp3) is 0.167. The van der Waals surface area contributed by atoms with Crippen LogP contribution in [0.5, 0.6) is 0 Å². The maximum absolute atomic E-state index is 12.2. The molecule has 1 aromatic carbocycles. The third-order valence-electron chi connectivity index (χ3n) is 3.87. The zero-order valence-corrected chi connectivity index (χ0v) is 15.2. The molecule has 4 aromatic rings. The largest absolute Gasteiger partial charge is 0.325 e. The van der Waals surface area contributed by atoms with E-state index in [1.54, 1.807) is 11.3 Å². The summed E-state index contributed by atoms with van der Waals surface area (Å²) in [6.45, 7) is 2.07. The van der Waals surface area contributed by atoms with Crippen LogP contribution in [0.3, 0.4) is 0 Å². The number of amides is 1. The smallest absolute Gasteiger partial charge is 0.234 e. The van der Waals surface area contributed by atoms with Gasteiger partial charge in [0.2, 0.25) is 5.91 Å². The summed E-state index contributed by atoms with van der Waals surface area (Å²) in [5, 5.41) is 14.5. The Morgan fingerprint density at radius 3 is 2.84 bits per heavy atom. The number of fused-ring (bicyclic) bond motifs is 3. The van der Waals surface area contributed by atoms with E-state index in [9.17, 15) is 4.79 Å². The number of thioether (sulfide) groups is 1. The molecule has 4 rings (SSSR count). The molecule has 3 heterocycles. The minimum absolute atomic E-state index is 0.0518. The number of nitrogens with one attached hydrogen (secondary N) is 1. The van der Waals surface area contributed by atoms with Crippen molar-refractivity contribution >= 4 is 50.4 Å². The second-order valence-corrected chi connectivity index (χ2v) is 7.42. The molecule has 0 aliphatic carbocycles. The van der Waals surface area contributed by atoms with Gasteiger partial charge in [-0.15, -0.1) is 21.5 Å². The van der Waals surface area contributed by atoms with Crippen molar-refractivity contribution in [2.75, 3.05) is 11.1 Å². The molecule has 7 heteroatoms. The summed E-state index contributed by atoms with van der Waals surface area (Å²) in [6, 6.07) is 13.7. The quantitative estimate of drug-likeness (QED) is 0.535. The molecule has 25 heavy (non-hydrogen) atoms. The van der Waals surface area contributed by atoms with Gasteiger partial charge in [0.05, 0.1) is 21.5 Å². The van der Waals surface area contributed by atoms with Gasteiger partial charge in [-0.25, -0.2) is 0 Å². The predicted molar refractivity (Wildman–Crippen MR) is 104 cm³/mol. The summed E-state index contributed by atoms with van der Waals surface area (Å²) in [6.07, 6.45) is 0.808. The molecule has 0 radical (unpaired) electrons. The van der Waals surface area contributed by atoms with E-state index in [-0.39, 0.29) is 5.91 Å². The minimum atomic E-state index is -0.0518. The Morgan fingerprint density at radius 2 is 2.04 bits per heavy atom. The molecule has 0 aliphatic heterocycles. The standard InChI is InChI=1S/C18H16N4OS2/c1-2-16-20-21-18(14-10-15-13(22(14)16)8-9-24-15)25-11-17(23)19-12-6-4-3-5-7-12/h3-10H,2,11H2,1H3,(H,19,23). The molecule has 3 aromatic heterocycles. The zero-order chi connectivity index (χ0) is 17.2. The summed E-state index contributed by atoms with van der Waals surface area (Å²) in [4.78, 5) is 12.2. The van der Waals surface area contributed by atoms with Crippen LogP contribution in [-0.2, 0) is 11.2 Å². The van der Waals surface area contributed by atoms with Crippen molar-refractivity contribution in [3.8, 4) is 0 Å². The van der Waals surface area contributed by atoms with Crippen molar-refractivity contribution in [2.24, 2.45) is 0 Å². The highest BCUT2D eigenvalue weighted by Crippen LogP contribution is 2.31. The molecule has 0 aliphatic rings. The SMILES string of the molecule is CCc1nnc(SCC(=O)Nc2ccccc2)c2cc3sccc3n12. The summed E-state index contributed by atoms with van der Waals surface area (Å²) in [5.41, 5.74) is 2.97. The molecule has 0 saturated carbocycles. The number of nitrogens with zero attached hydrogens (tertiary/aromatic N) is 3. The minimum Gasteiger partial charge on any atom is -0.325 e. The van der Waals surface area contributed by atoms with E-state index in [0.717, 1.165) is 34.0 Å². The number of aromatic nitrogens is 3. The first-order chi connectivity index (χ1) is 12.3. The first kappa shape index (κ1) is 16.1. The van der Waals surface area contributed by atoms with Crippen molar-refractivity contribution in [3.63, 3.8) is 0 Å². The topological polar surface area (TPSA) is 59.3 Å². The normalized spacial score (nSPS) is 11.2. The number of aryl methyl sites for hydroxylation is 1. The molecule has 0 saturated heterocycles. The number of carbonyl (C=O) groups is 1. The molecule has 0 bridgehead atoms. The first-order valence-electron chi connectivity index (χ1n) is 7.98. The van der Waals surface area contributed by atoms with Crippen LogP contribution in [0.1, 0.15) is 12.7 Å². The lowest BCUT2D eigenvalue weighted by molar-refractivity contribution is -0.113. The first-order valence-corrected chi connectivity index (χ1v) is 9.84. The van der Waals surface area contributed by atoms with E-state index in [1.807, 2.05) is 30.3 Å². The Morgan fingerprint density at radius 1 is 1.20 bits per heavy atom. The van der Waals surface area contributed by atoms with Crippen molar-refractivity contribution < 1.29 is 4.79 Å². The third kappa shape index (κ3) is 3.12. The number of thiophene rings is 1. The van der Waals surface area contributed by atoms with Crippen molar-refractivity contribution in [1.82, 2.24) is 14.6 Å². The number of hydrogen-bond donors (Lipinski definition) is 1. The maximum atomic E-state index is 12.2. The van der Waals surface area contributed by atoms with Crippen LogP contribution in [0.25, 0.3) is 15.7 Å². The molecular formula is C18H16N4OS2. The summed E-state index contributed by atoms with van der Waals surface area (Å²) in [5.74, 6) is 1.18. The molecule has 0 fully saturated rings. The number of para-hydroxylation sites is 1. The van der Waals surface area contributed by atoms with Gasteiger partial charge in [-0.3, -0.25) is 9.20 Å². The van der Waals surface area contributed by atoms with E-state index >= 15 is 0 Å². The van der Waals surface area contributed by atoms with Gasteiger partial charge in [0, 0.05) is 12.1 Å². The van der Waals surface area contributed by atoms with E-state index in [1.165, 1.54) is 16.5 Å². The van der Waals surface area contributed by atoms with Crippen LogP contribution in [0.2, 0.25) is 0 Å². The van der Waals surface area contributed by atoms with Gasteiger partial charge in [-0.2, -0.15) is 0 Å². The Labute approximate surface area is 153 Å². The Balaban J connectivity index is 1.58. The molecule has 0 unspecified atom stereocenters. The summed E-state index contributed by atoms with van der Waals surface area (Å²) < 4.78 is 3.36. The second kappa shape index (κ2) is 6.85. The van der Waals surface area contributed by atoms with Gasteiger partial charge in [-0.05, 0) is 29.6 Å². The van der Waals surface area contributed by atoms with E-state index in [4.69, 9.17) is 0 Å². The highest BCUT2D eigenvalue weighted by Gasteiger charge is 2.15. The molecule has 0 spiro atoms. The predicted octanol–water partition coefficient (Wildman–Crippen LogP) is 4.24. The Bertz CT molecular complexity index is 1040. The number of rotatable bonds is 5. The van der Waals surface area contributed by atoms with Gasteiger partial charge < -0.3 is 5.32 Å². The van der Waals surface area contributed by atoms with Gasteiger partial charge in [-0.1, -0.05) is 36.9 Å². The molecule has 1 amide bonds. The third-order valence-corrected chi connectivity index (χ3v) is 5.69. The number of carbonyl (C=O) groups excluding carboxylic acids is 1. The molecule has 0 atom stereocenters. The average molecular weight is 368 g/mol. The number of anilines is 1. The molecule has 1 N–H and O–H groups in total. The van der Waals surface area contributed by atoms with Crippen LogP contribution in [0.4, 0.5) is 5.69 Å². The monoisotopic (exact) mass is 368 g/mol. The number of hydrogen-bond acceptors (Lipinski definition) is 5. The lowest BCUT2D eigenvalue weighted by atomic mass is 10.3. The highest BCUT2D eigenvalue weighted by molar-refractivity contribution is 8.00. The lowest BCUT2D eigenvalue weighted by Gasteiger charge is -2.08. The van der Waals surface area contributed by atoms with Gasteiger partial charge >= 0.3 is 0 Å². The van der Waals surface area contributed by atoms with Crippen molar-refractivity contribution in [1.29, 1.82) is 0 Å². The van der Waals surface area contributed by atoms with Crippen LogP contribution < -0.4 is 5.32 Å². The van der Waals surface area contributed by atoms with Crippen molar-refractivity contribution in [3.05, 3.63) is 53.7 Å². The summed E-state index contributed by atoms with van der Waals surface area (Å²) >= 11 is 3.12.